The predicted octanol–water partition coefficient (Wildman–Crippen LogP) is 2.18. The second-order valence-electron chi connectivity index (χ2n) is 3.99. The third-order valence-corrected chi connectivity index (χ3v) is 3.21. The molecule has 0 aromatic carbocycles. The average molecular weight is 294 g/mol. The maximum atomic E-state index is 11.6. The van der Waals surface area contributed by atoms with Gasteiger partial charge in [0.15, 0.2) is 10.0 Å². The normalized spacial score (nSPS) is 10.3. The Labute approximate surface area is 119 Å². The Morgan fingerprint density at radius 3 is 2.60 bits per heavy atom. The first kappa shape index (κ1) is 14.2. The number of carbonyl (C=O) groups excluding carboxylic acids is 1. The molecule has 0 aliphatic rings. The summed E-state index contributed by atoms with van der Waals surface area (Å²) in [5.41, 5.74) is 1.62. The Bertz CT molecular complexity index is 621. The van der Waals surface area contributed by atoms with Gasteiger partial charge in [-0.15, -0.1) is 0 Å². The summed E-state index contributed by atoms with van der Waals surface area (Å²) >= 11 is 0.987. The number of esters is 1. The van der Waals surface area contributed by atoms with Gasteiger partial charge >= 0.3 is 5.97 Å². The van der Waals surface area contributed by atoms with Gasteiger partial charge in [-0.3, -0.25) is 5.32 Å². The van der Waals surface area contributed by atoms with Gasteiger partial charge in [-0.2, -0.15) is 4.98 Å². The van der Waals surface area contributed by atoms with E-state index in [-0.39, 0.29) is 17.4 Å². The third-order valence-electron chi connectivity index (χ3n) is 2.27. The number of aryl methyl sites for hydroxylation is 2. The Morgan fingerprint density at radius 2 is 2.00 bits per heavy atom. The van der Waals surface area contributed by atoms with Crippen molar-refractivity contribution < 1.29 is 14.6 Å². The highest BCUT2D eigenvalue weighted by Gasteiger charge is 2.19. The van der Waals surface area contributed by atoms with Crippen LogP contribution in [0.1, 0.15) is 28.0 Å². The maximum absolute atomic E-state index is 11.6. The predicted molar refractivity (Wildman–Crippen MR) is 74.5 cm³/mol. The van der Waals surface area contributed by atoms with Crippen molar-refractivity contribution in [1.29, 1.82) is 0 Å². The summed E-state index contributed by atoms with van der Waals surface area (Å²) in [6.07, 6.45) is 0. The lowest BCUT2D eigenvalue weighted by Crippen LogP contribution is -2.02. The van der Waals surface area contributed by atoms with Crippen LogP contribution in [0.5, 0.6) is 5.88 Å². The minimum atomic E-state index is -0.600. The summed E-state index contributed by atoms with van der Waals surface area (Å²) < 4.78 is 4.82. The fourth-order valence-electron chi connectivity index (χ4n) is 1.57. The summed E-state index contributed by atoms with van der Waals surface area (Å²) in [6.45, 7) is 5.63. The molecule has 2 aromatic rings. The van der Waals surface area contributed by atoms with Crippen LogP contribution in [0.4, 0.5) is 11.1 Å². The fourth-order valence-corrected chi connectivity index (χ4v) is 2.32. The lowest BCUT2D eigenvalue weighted by molar-refractivity contribution is 0.0528. The van der Waals surface area contributed by atoms with E-state index in [1.54, 1.807) is 6.92 Å². The van der Waals surface area contributed by atoms with Gasteiger partial charge in [-0.25, -0.2) is 14.8 Å². The second kappa shape index (κ2) is 5.83. The molecule has 0 fully saturated rings. The molecular formula is C12H14N4O3S. The molecule has 0 aliphatic carbocycles. The largest absolute Gasteiger partial charge is 0.492 e. The number of aromatic hydroxyl groups is 1. The van der Waals surface area contributed by atoms with Gasteiger partial charge < -0.3 is 9.84 Å². The van der Waals surface area contributed by atoms with Crippen LogP contribution in [0.25, 0.3) is 0 Å². The summed E-state index contributed by atoms with van der Waals surface area (Å²) in [5.74, 6) is -0.594. The van der Waals surface area contributed by atoms with Crippen LogP contribution in [0.15, 0.2) is 6.07 Å². The molecule has 0 amide bonds. The van der Waals surface area contributed by atoms with E-state index in [4.69, 9.17) is 4.74 Å². The van der Waals surface area contributed by atoms with Gasteiger partial charge in [0, 0.05) is 11.4 Å². The smallest absolute Gasteiger partial charge is 0.354 e. The molecule has 2 N–H and O–H groups in total. The van der Waals surface area contributed by atoms with Crippen molar-refractivity contribution in [3.8, 4) is 5.88 Å². The van der Waals surface area contributed by atoms with E-state index >= 15 is 0 Å². The molecule has 2 rings (SSSR count). The highest BCUT2D eigenvalue weighted by molar-refractivity contribution is 7.17. The first-order chi connectivity index (χ1) is 9.49. The van der Waals surface area contributed by atoms with E-state index in [1.807, 2.05) is 19.9 Å². The first-order valence-electron chi connectivity index (χ1n) is 5.95. The molecule has 0 atom stereocenters. The first-order valence-corrected chi connectivity index (χ1v) is 6.77. The topological polar surface area (TPSA) is 97.2 Å². The number of nitrogens with one attached hydrogen (secondary N) is 1. The van der Waals surface area contributed by atoms with Crippen molar-refractivity contribution in [3.05, 3.63) is 22.3 Å². The zero-order valence-electron chi connectivity index (χ0n) is 11.3. The van der Waals surface area contributed by atoms with Crippen LogP contribution >= 0.6 is 11.3 Å². The molecule has 2 heterocycles. The summed E-state index contributed by atoms with van der Waals surface area (Å²) in [5, 5.41) is 12.8. The number of ether oxygens (including phenoxy) is 1. The van der Waals surface area contributed by atoms with E-state index in [0.717, 1.165) is 22.7 Å². The van der Waals surface area contributed by atoms with Crippen LogP contribution in [0.3, 0.4) is 0 Å². The van der Waals surface area contributed by atoms with Crippen LogP contribution in [-0.4, -0.2) is 32.6 Å². The van der Waals surface area contributed by atoms with Crippen molar-refractivity contribution in [3.63, 3.8) is 0 Å². The molecule has 0 unspecified atom stereocenters. The summed E-state index contributed by atoms with van der Waals surface area (Å²) in [4.78, 5) is 23.9. The van der Waals surface area contributed by atoms with E-state index < -0.39 is 5.97 Å². The van der Waals surface area contributed by atoms with Crippen LogP contribution in [0, 0.1) is 13.8 Å². The lowest BCUT2D eigenvalue weighted by Gasteiger charge is -2.02. The molecule has 106 valence electrons. The maximum Gasteiger partial charge on any atom is 0.354 e. The molecule has 20 heavy (non-hydrogen) atoms. The Morgan fingerprint density at radius 1 is 1.35 bits per heavy atom. The SMILES string of the molecule is CCOC(=O)c1sc(Nc2nc(C)cc(C)n2)nc1O. The molecule has 8 heteroatoms. The number of rotatable bonds is 4. The molecule has 0 saturated carbocycles. The highest BCUT2D eigenvalue weighted by Crippen LogP contribution is 2.30. The highest BCUT2D eigenvalue weighted by atomic mass is 32.1. The van der Waals surface area contributed by atoms with Gasteiger partial charge in [0.2, 0.25) is 11.8 Å². The Kier molecular flexibility index (Phi) is 4.14. The lowest BCUT2D eigenvalue weighted by atomic mass is 10.4. The Hall–Kier alpha value is -2.22. The number of hydrogen-bond acceptors (Lipinski definition) is 8. The molecule has 7 nitrogen and oxygen atoms in total. The molecule has 0 spiro atoms. The van der Waals surface area contributed by atoms with Crippen molar-refractivity contribution in [1.82, 2.24) is 15.0 Å². The molecular weight excluding hydrogens is 280 g/mol. The van der Waals surface area contributed by atoms with Crippen LogP contribution in [0.2, 0.25) is 0 Å². The monoisotopic (exact) mass is 294 g/mol. The average Bonchev–Trinajstić information content (AvgIpc) is 2.69. The van der Waals surface area contributed by atoms with E-state index in [2.05, 4.69) is 20.3 Å². The van der Waals surface area contributed by atoms with Crippen LogP contribution in [-0.2, 0) is 4.74 Å². The van der Waals surface area contributed by atoms with E-state index in [1.165, 1.54) is 0 Å². The number of hydrogen-bond donors (Lipinski definition) is 2. The van der Waals surface area contributed by atoms with Crippen molar-refractivity contribution in [2.24, 2.45) is 0 Å². The van der Waals surface area contributed by atoms with Gasteiger partial charge in [0.25, 0.3) is 0 Å². The fraction of sp³-hybridized carbons (Fsp3) is 0.333. The summed E-state index contributed by atoms with van der Waals surface area (Å²) in [6, 6.07) is 1.84. The van der Waals surface area contributed by atoms with Crippen molar-refractivity contribution in [2.45, 2.75) is 20.8 Å². The number of nitrogens with zero attached hydrogens (tertiary/aromatic N) is 3. The van der Waals surface area contributed by atoms with Crippen LogP contribution < -0.4 is 5.32 Å². The standard InChI is InChI=1S/C12H14N4O3S/c1-4-19-10(18)8-9(17)15-12(20-8)16-11-13-6(2)5-7(3)14-11/h5,17H,4H2,1-3H3,(H,13,14,15,16). The van der Waals surface area contributed by atoms with E-state index in [0.29, 0.717) is 11.1 Å². The van der Waals surface area contributed by atoms with Gasteiger partial charge in [-0.05, 0) is 26.8 Å². The quantitative estimate of drug-likeness (QED) is 0.834. The van der Waals surface area contributed by atoms with Crippen molar-refractivity contribution >= 4 is 28.4 Å². The van der Waals surface area contributed by atoms with Gasteiger partial charge in [0.1, 0.15) is 0 Å². The number of aromatic nitrogens is 3. The molecule has 2 aromatic heterocycles. The minimum absolute atomic E-state index is 0.0544. The number of thiazole rings is 1. The Balaban J connectivity index is 2.22. The van der Waals surface area contributed by atoms with Gasteiger partial charge in [-0.1, -0.05) is 11.3 Å². The van der Waals surface area contributed by atoms with E-state index in [9.17, 15) is 9.90 Å². The van der Waals surface area contributed by atoms with Crippen molar-refractivity contribution in [2.75, 3.05) is 11.9 Å². The molecule has 0 aliphatic heterocycles. The molecule has 0 radical (unpaired) electrons. The number of anilines is 2. The molecule has 0 saturated heterocycles. The minimum Gasteiger partial charge on any atom is -0.492 e. The number of carbonyl (C=O) groups is 1. The zero-order chi connectivity index (χ0) is 14.7. The molecule has 0 bridgehead atoms. The third kappa shape index (κ3) is 3.21. The second-order valence-corrected chi connectivity index (χ2v) is 4.99. The van der Waals surface area contributed by atoms with Gasteiger partial charge in [0.05, 0.1) is 6.61 Å². The zero-order valence-corrected chi connectivity index (χ0v) is 12.1. The summed E-state index contributed by atoms with van der Waals surface area (Å²) in [7, 11) is 0.